The van der Waals surface area contributed by atoms with Gasteiger partial charge in [0, 0.05) is 5.39 Å². The molecule has 7 nitrogen and oxygen atoms in total. The lowest BCUT2D eigenvalue weighted by Gasteiger charge is -1.98. The molecule has 0 fully saturated rings. The number of fused-ring (bicyclic) bond motifs is 1. The molecule has 0 aliphatic carbocycles. The summed E-state index contributed by atoms with van der Waals surface area (Å²) < 4.78 is 0. The van der Waals surface area contributed by atoms with Crippen molar-refractivity contribution in [3.8, 4) is 17.6 Å². The Bertz CT molecular complexity index is 717. The second kappa shape index (κ2) is 3.38. The van der Waals surface area contributed by atoms with Crippen LogP contribution in [0.3, 0.4) is 0 Å². The van der Waals surface area contributed by atoms with Crippen LogP contribution < -0.4 is 0 Å². The molecule has 3 aromatic heterocycles. The highest BCUT2D eigenvalue weighted by atomic mass is 15.3. The fraction of sp³-hybridized carbons (Fsp3) is 0.100. The summed E-state index contributed by atoms with van der Waals surface area (Å²) in [6.45, 7) is 1.86. The van der Waals surface area contributed by atoms with E-state index in [0.717, 1.165) is 11.1 Å². The van der Waals surface area contributed by atoms with E-state index >= 15 is 0 Å². The van der Waals surface area contributed by atoms with E-state index in [0.29, 0.717) is 22.9 Å². The lowest BCUT2D eigenvalue weighted by Crippen LogP contribution is -1.93. The smallest absolute Gasteiger partial charge is 0.184 e. The number of hydrogen-bond acceptors (Lipinski definition) is 5. The second-order valence-corrected chi connectivity index (χ2v) is 3.55. The average Bonchev–Trinajstić information content (AvgIpc) is 2.97. The number of nitriles is 1. The SMILES string of the molecule is Cc1nc(-c2c[nH]nn2)nc2[nH]c(C#N)cc12. The molecule has 0 bridgehead atoms. The number of aryl methyl sites for hydroxylation is 1. The van der Waals surface area contributed by atoms with Crippen LogP contribution in [-0.2, 0) is 0 Å². The molecule has 0 saturated carbocycles. The Kier molecular flexibility index (Phi) is 1.88. The first kappa shape index (κ1) is 9.47. The molecular weight excluding hydrogens is 218 g/mol. The van der Waals surface area contributed by atoms with E-state index in [2.05, 4.69) is 30.4 Å². The maximum absolute atomic E-state index is 8.83. The van der Waals surface area contributed by atoms with Gasteiger partial charge in [0.1, 0.15) is 23.1 Å². The van der Waals surface area contributed by atoms with Gasteiger partial charge in [-0.1, -0.05) is 5.21 Å². The molecule has 0 saturated heterocycles. The molecule has 82 valence electrons. The lowest BCUT2D eigenvalue weighted by atomic mass is 10.3. The molecular formula is C10H7N7. The molecule has 0 aromatic carbocycles. The lowest BCUT2D eigenvalue weighted by molar-refractivity contribution is 0.938. The molecule has 0 aliphatic heterocycles. The third-order valence-electron chi connectivity index (χ3n) is 2.44. The van der Waals surface area contributed by atoms with Gasteiger partial charge in [0.25, 0.3) is 0 Å². The summed E-state index contributed by atoms with van der Waals surface area (Å²) in [6, 6.07) is 3.77. The molecule has 0 unspecified atom stereocenters. The van der Waals surface area contributed by atoms with Gasteiger partial charge in [-0.15, -0.1) is 5.10 Å². The molecule has 0 amide bonds. The Labute approximate surface area is 95.5 Å². The Morgan fingerprint density at radius 2 is 2.24 bits per heavy atom. The summed E-state index contributed by atoms with van der Waals surface area (Å²) in [4.78, 5) is 11.6. The molecule has 0 aliphatic rings. The van der Waals surface area contributed by atoms with Gasteiger partial charge in [0.15, 0.2) is 5.82 Å². The van der Waals surface area contributed by atoms with Gasteiger partial charge in [-0.05, 0) is 13.0 Å². The van der Waals surface area contributed by atoms with Gasteiger partial charge >= 0.3 is 0 Å². The maximum Gasteiger partial charge on any atom is 0.184 e. The van der Waals surface area contributed by atoms with Crippen molar-refractivity contribution in [1.29, 1.82) is 5.26 Å². The molecule has 3 rings (SSSR count). The molecule has 0 atom stereocenters. The van der Waals surface area contributed by atoms with Crippen molar-refractivity contribution in [2.24, 2.45) is 0 Å². The number of nitrogens with one attached hydrogen (secondary N) is 2. The minimum Gasteiger partial charge on any atom is -0.331 e. The third-order valence-corrected chi connectivity index (χ3v) is 2.44. The summed E-state index contributed by atoms with van der Waals surface area (Å²) in [6.07, 6.45) is 1.62. The molecule has 2 N–H and O–H groups in total. The average molecular weight is 225 g/mol. The number of aromatic nitrogens is 6. The summed E-state index contributed by atoms with van der Waals surface area (Å²) in [5.41, 5.74) is 2.47. The van der Waals surface area contributed by atoms with Crippen molar-refractivity contribution >= 4 is 11.0 Å². The Morgan fingerprint density at radius 1 is 1.35 bits per heavy atom. The van der Waals surface area contributed by atoms with Crippen LogP contribution in [0, 0.1) is 18.3 Å². The zero-order chi connectivity index (χ0) is 11.8. The fourth-order valence-corrected chi connectivity index (χ4v) is 1.64. The first-order valence-corrected chi connectivity index (χ1v) is 4.92. The Hall–Kier alpha value is -2.75. The van der Waals surface area contributed by atoms with Crippen LogP contribution in [0.4, 0.5) is 0 Å². The summed E-state index contributed by atoms with van der Waals surface area (Å²) in [5.74, 6) is 0.482. The van der Waals surface area contributed by atoms with Crippen LogP contribution in [0.15, 0.2) is 12.3 Å². The predicted molar refractivity (Wildman–Crippen MR) is 58.7 cm³/mol. The number of H-pyrrole nitrogens is 2. The Balaban J connectivity index is 2.27. The highest BCUT2D eigenvalue weighted by Gasteiger charge is 2.11. The van der Waals surface area contributed by atoms with E-state index < -0.39 is 0 Å². The van der Waals surface area contributed by atoms with Gasteiger partial charge in [0.2, 0.25) is 0 Å². The van der Waals surface area contributed by atoms with Crippen LogP contribution in [0.2, 0.25) is 0 Å². The van der Waals surface area contributed by atoms with Crippen LogP contribution in [0.1, 0.15) is 11.4 Å². The van der Waals surface area contributed by atoms with Crippen LogP contribution in [0.5, 0.6) is 0 Å². The molecule has 7 heteroatoms. The van der Waals surface area contributed by atoms with Gasteiger partial charge in [-0.25, -0.2) is 9.97 Å². The number of hydrogen-bond donors (Lipinski definition) is 2. The number of rotatable bonds is 1. The normalized spacial score (nSPS) is 10.6. The third kappa shape index (κ3) is 1.43. The molecule has 3 heterocycles. The van der Waals surface area contributed by atoms with E-state index in [1.165, 1.54) is 0 Å². The van der Waals surface area contributed by atoms with Crippen molar-refractivity contribution in [1.82, 2.24) is 30.4 Å². The van der Waals surface area contributed by atoms with Crippen molar-refractivity contribution in [3.63, 3.8) is 0 Å². The minimum atomic E-state index is 0.467. The first-order valence-electron chi connectivity index (χ1n) is 4.92. The van der Waals surface area contributed by atoms with Crippen molar-refractivity contribution in [2.75, 3.05) is 0 Å². The van der Waals surface area contributed by atoms with Gasteiger partial charge in [0.05, 0.1) is 11.9 Å². The van der Waals surface area contributed by atoms with Crippen molar-refractivity contribution < 1.29 is 0 Å². The first-order chi connectivity index (χ1) is 8.28. The highest BCUT2D eigenvalue weighted by Crippen LogP contribution is 2.19. The van der Waals surface area contributed by atoms with E-state index in [1.807, 2.05) is 13.0 Å². The van der Waals surface area contributed by atoms with E-state index in [4.69, 9.17) is 5.26 Å². The van der Waals surface area contributed by atoms with Crippen LogP contribution in [-0.4, -0.2) is 30.4 Å². The molecule has 17 heavy (non-hydrogen) atoms. The quantitative estimate of drug-likeness (QED) is 0.640. The van der Waals surface area contributed by atoms with E-state index in [9.17, 15) is 0 Å². The standard InChI is InChI=1S/C10H7N7/c1-5-7-2-6(3-11)14-9(7)15-10(13-5)8-4-12-17-16-8/h2,4H,1H3,(H,12,16,17)(H,13,14,15). The predicted octanol–water partition coefficient (Wildman–Crippen LogP) is 0.923. The van der Waals surface area contributed by atoms with Gasteiger partial charge < -0.3 is 4.98 Å². The van der Waals surface area contributed by atoms with Crippen molar-refractivity contribution in [2.45, 2.75) is 6.92 Å². The maximum atomic E-state index is 8.83. The summed E-state index contributed by atoms with van der Waals surface area (Å²) in [5, 5.41) is 19.7. The van der Waals surface area contributed by atoms with E-state index in [-0.39, 0.29) is 0 Å². The van der Waals surface area contributed by atoms with E-state index in [1.54, 1.807) is 12.3 Å². The fourth-order valence-electron chi connectivity index (χ4n) is 1.64. The zero-order valence-electron chi connectivity index (χ0n) is 8.89. The zero-order valence-corrected chi connectivity index (χ0v) is 8.89. The second-order valence-electron chi connectivity index (χ2n) is 3.55. The molecule has 3 aromatic rings. The number of aromatic amines is 2. The minimum absolute atomic E-state index is 0.467. The van der Waals surface area contributed by atoms with Gasteiger partial charge in [-0.3, -0.25) is 5.10 Å². The summed E-state index contributed by atoms with van der Waals surface area (Å²) >= 11 is 0. The monoisotopic (exact) mass is 225 g/mol. The van der Waals surface area contributed by atoms with Gasteiger partial charge in [-0.2, -0.15) is 5.26 Å². The van der Waals surface area contributed by atoms with Crippen molar-refractivity contribution in [3.05, 3.63) is 23.7 Å². The topological polar surface area (TPSA) is 107 Å². The molecule has 0 radical (unpaired) electrons. The highest BCUT2D eigenvalue weighted by molar-refractivity contribution is 5.81. The van der Waals surface area contributed by atoms with Crippen LogP contribution >= 0.6 is 0 Å². The number of nitrogens with zero attached hydrogens (tertiary/aromatic N) is 5. The Morgan fingerprint density at radius 3 is 2.94 bits per heavy atom. The summed E-state index contributed by atoms with van der Waals surface area (Å²) in [7, 11) is 0. The van der Waals surface area contributed by atoms with Crippen LogP contribution in [0.25, 0.3) is 22.6 Å². The largest absolute Gasteiger partial charge is 0.331 e. The molecule has 0 spiro atoms.